The molecule has 0 unspecified atom stereocenters. The van der Waals surface area contributed by atoms with E-state index in [4.69, 9.17) is 9.47 Å². The van der Waals surface area contributed by atoms with E-state index >= 15 is 0 Å². The Hall–Kier alpha value is -3.86. The SMILES string of the molecule is O=C(Oc1ccccc1)c1ncc2cc(Oc3ccccc3)ccc2c1O. The van der Waals surface area contributed by atoms with E-state index in [1.807, 2.05) is 36.4 Å². The molecule has 0 bridgehead atoms. The largest absolute Gasteiger partial charge is 0.505 e. The smallest absolute Gasteiger partial charge is 0.366 e. The van der Waals surface area contributed by atoms with Gasteiger partial charge in [0.1, 0.15) is 17.2 Å². The van der Waals surface area contributed by atoms with E-state index in [-0.39, 0.29) is 11.4 Å². The quantitative estimate of drug-likeness (QED) is 0.413. The molecule has 0 aliphatic rings. The first-order chi connectivity index (χ1) is 13.2. The molecule has 5 nitrogen and oxygen atoms in total. The van der Waals surface area contributed by atoms with Crippen LogP contribution in [-0.4, -0.2) is 16.1 Å². The number of pyridine rings is 1. The van der Waals surface area contributed by atoms with Gasteiger partial charge in [0.05, 0.1) is 0 Å². The lowest BCUT2D eigenvalue weighted by atomic mass is 10.1. The van der Waals surface area contributed by atoms with Gasteiger partial charge in [-0.15, -0.1) is 0 Å². The van der Waals surface area contributed by atoms with E-state index in [2.05, 4.69) is 4.98 Å². The van der Waals surface area contributed by atoms with Crippen LogP contribution in [0.5, 0.6) is 23.0 Å². The first kappa shape index (κ1) is 16.6. The Labute approximate surface area is 155 Å². The summed E-state index contributed by atoms with van der Waals surface area (Å²) in [6.07, 6.45) is 1.51. The van der Waals surface area contributed by atoms with Crippen LogP contribution in [0.25, 0.3) is 10.8 Å². The zero-order valence-corrected chi connectivity index (χ0v) is 14.2. The molecule has 0 radical (unpaired) electrons. The van der Waals surface area contributed by atoms with Crippen LogP contribution in [0, 0.1) is 0 Å². The van der Waals surface area contributed by atoms with Crippen LogP contribution in [0.2, 0.25) is 0 Å². The van der Waals surface area contributed by atoms with Crippen LogP contribution in [0.4, 0.5) is 0 Å². The summed E-state index contributed by atoms with van der Waals surface area (Å²) in [5.41, 5.74) is -0.136. The number of ether oxygens (including phenoxy) is 2. The molecule has 0 aliphatic heterocycles. The molecule has 3 aromatic carbocycles. The fraction of sp³-hybridized carbons (Fsp3) is 0. The summed E-state index contributed by atoms with van der Waals surface area (Å²) in [7, 11) is 0. The Kier molecular flexibility index (Phi) is 4.41. The van der Waals surface area contributed by atoms with Crippen LogP contribution in [0.1, 0.15) is 10.5 Å². The van der Waals surface area contributed by atoms with Crippen LogP contribution >= 0.6 is 0 Å². The molecule has 0 fully saturated rings. The van der Waals surface area contributed by atoms with E-state index in [0.717, 1.165) is 0 Å². The number of fused-ring (bicyclic) bond motifs is 1. The highest BCUT2D eigenvalue weighted by atomic mass is 16.5. The Balaban J connectivity index is 1.62. The van der Waals surface area contributed by atoms with Crippen LogP contribution in [-0.2, 0) is 0 Å². The van der Waals surface area contributed by atoms with Gasteiger partial charge < -0.3 is 14.6 Å². The second-order valence-corrected chi connectivity index (χ2v) is 5.82. The monoisotopic (exact) mass is 357 g/mol. The summed E-state index contributed by atoms with van der Waals surface area (Å²) in [6.45, 7) is 0. The highest BCUT2D eigenvalue weighted by Crippen LogP contribution is 2.32. The first-order valence-corrected chi connectivity index (χ1v) is 8.32. The van der Waals surface area contributed by atoms with Gasteiger partial charge in [-0.25, -0.2) is 9.78 Å². The Bertz CT molecular complexity index is 1100. The number of rotatable bonds is 4. The van der Waals surface area contributed by atoms with E-state index < -0.39 is 5.97 Å². The van der Waals surface area contributed by atoms with Crippen molar-refractivity contribution in [2.24, 2.45) is 0 Å². The highest BCUT2D eigenvalue weighted by molar-refractivity contribution is 6.00. The Morgan fingerprint density at radius 2 is 1.48 bits per heavy atom. The van der Waals surface area contributed by atoms with Gasteiger partial charge in [-0.3, -0.25) is 0 Å². The maximum atomic E-state index is 12.3. The second kappa shape index (κ2) is 7.17. The third kappa shape index (κ3) is 3.57. The molecule has 1 heterocycles. The summed E-state index contributed by atoms with van der Waals surface area (Å²) in [5.74, 6) is 0.756. The minimum absolute atomic E-state index is 0.136. The number of carbonyl (C=O) groups is 1. The summed E-state index contributed by atoms with van der Waals surface area (Å²) in [4.78, 5) is 16.4. The van der Waals surface area contributed by atoms with Gasteiger partial charge in [0, 0.05) is 17.0 Å². The van der Waals surface area contributed by atoms with Crippen molar-refractivity contribution in [3.05, 3.63) is 90.8 Å². The van der Waals surface area contributed by atoms with Gasteiger partial charge in [-0.2, -0.15) is 0 Å². The predicted octanol–water partition coefficient (Wildman–Crippen LogP) is 4.95. The predicted molar refractivity (Wildman–Crippen MR) is 101 cm³/mol. The fourth-order valence-electron chi connectivity index (χ4n) is 2.67. The van der Waals surface area contributed by atoms with Gasteiger partial charge in [-0.1, -0.05) is 36.4 Å². The molecule has 132 valence electrons. The lowest BCUT2D eigenvalue weighted by Crippen LogP contribution is -2.10. The number of esters is 1. The molecule has 1 aromatic heterocycles. The van der Waals surface area contributed by atoms with Gasteiger partial charge >= 0.3 is 5.97 Å². The van der Waals surface area contributed by atoms with Gasteiger partial charge in [-0.05, 0) is 42.5 Å². The number of hydrogen-bond acceptors (Lipinski definition) is 5. The zero-order chi connectivity index (χ0) is 18.6. The summed E-state index contributed by atoms with van der Waals surface area (Å²) in [6, 6.07) is 23.2. The molecule has 0 atom stereocenters. The minimum atomic E-state index is -0.717. The van der Waals surface area contributed by atoms with Crippen LogP contribution < -0.4 is 9.47 Å². The summed E-state index contributed by atoms with van der Waals surface area (Å²) < 4.78 is 11.0. The lowest BCUT2D eigenvalue weighted by Gasteiger charge is -2.09. The minimum Gasteiger partial charge on any atom is -0.505 e. The molecule has 4 aromatic rings. The average molecular weight is 357 g/mol. The number of carbonyl (C=O) groups excluding carboxylic acids is 1. The van der Waals surface area contributed by atoms with Crippen molar-refractivity contribution in [1.82, 2.24) is 4.98 Å². The fourth-order valence-corrected chi connectivity index (χ4v) is 2.67. The number of aromatic nitrogens is 1. The Morgan fingerprint density at radius 1 is 0.815 bits per heavy atom. The van der Waals surface area contributed by atoms with Crippen LogP contribution in [0.15, 0.2) is 85.1 Å². The highest BCUT2D eigenvalue weighted by Gasteiger charge is 2.18. The van der Waals surface area contributed by atoms with Gasteiger partial charge in [0.15, 0.2) is 11.4 Å². The maximum Gasteiger partial charge on any atom is 0.366 e. The van der Waals surface area contributed by atoms with Gasteiger partial charge in [0.25, 0.3) is 0 Å². The first-order valence-electron chi connectivity index (χ1n) is 8.32. The van der Waals surface area contributed by atoms with Gasteiger partial charge in [0.2, 0.25) is 0 Å². The molecular formula is C22H15NO4. The normalized spacial score (nSPS) is 10.5. The zero-order valence-electron chi connectivity index (χ0n) is 14.2. The van der Waals surface area contributed by atoms with E-state index in [0.29, 0.717) is 28.0 Å². The van der Waals surface area contributed by atoms with Crippen molar-refractivity contribution in [2.75, 3.05) is 0 Å². The number of nitrogens with zero attached hydrogens (tertiary/aromatic N) is 1. The topological polar surface area (TPSA) is 68.7 Å². The van der Waals surface area contributed by atoms with Crippen molar-refractivity contribution in [1.29, 1.82) is 0 Å². The van der Waals surface area contributed by atoms with Crippen molar-refractivity contribution in [2.45, 2.75) is 0 Å². The van der Waals surface area contributed by atoms with Crippen molar-refractivity contribution >= 4 is 16.7 Å². The molecule has 27 heavy (non-hydrogen) atoms. The third-order valence-electron chi connectivity index (χ3n) is 3.96. The molecule has 0 spiro atoms. The van der Waals surface area contributed by atoms with E-state index in [1.165, 1.54) is 6.20 Å². The average Bonchev–Trinajstić information content (AvgIpc) is 2.70. The van der Waals surface area contributed by atoms with Crippen molar-refractivity contribution in [3.8, 4) is 23.0 Å². The molecule has 0 saturated heterocycles. The van der Waals surface area contributed by atoms with E-state index in [1.54, 1.807) is 42.5 Å². The molecule has 5 heteroatoms. The Morgan fingerprint density at radius 3 is 2.19 bits per heavy atom. The lowest BCUT2D eigenvalue weighted by molar-refractivity contribution is 0.0725. The number of hydrogen-bond donors (Lipinski definition) is 1. The maximum absolute atomic E-state index is 12.3. The summed E-state index contributed by atoms with van der Waals surface area (Å²) >= 11 is 0. The number of benzene rings is 3. The second-order valence-electron chi connectivity index (χ2n) is 5.82. The molecule has 4 rings (SSSR count). The molecule has 0 saturated carbocycles. The molecule has 1 N–H and O–H groups in total. The molecule has 0 amide bonds. The van der Waals surface area contributed by atoms with Crippen LogP contribution in [0.3, 0.4) is 0 Å². The van der Waals surface area contributed by atoms with Crippen molar-refractivity contribution < 1.29 is 19.4 Å². The molecular weight excluding hydrogens is 342 g/mol. The standard InChI is InChI=1S/C22H15NO4/c24-21-19-12-11-18(26-16-7-3-1-4-8-16)13-15(19)14-23-20(21)22(25)27-17-9-5-2-6-10-17/h1-14,24H. The summed E-state index contributed by atoms with van der Waals surface area (Å²) in [5, 5.41) is 11.6. The number of aromatic hydroxyl groups is 1. The van der Waals surface area contributed by atoms with Crippen molar-refractivity contribution in [3.63, 3.8) is 0 Å². The number of para-hydroxylation sites is 2. The van der Waals surface area contributed by atoms with E-state index in [9.17, 15) is 9.90 Å². The molecule has 0 aliphatic carbocycles. The third-order valence-corrected chi connectivity index (χ3v) is 3.96.